The van der Waals surface area contributed by atoms with E-state index in [1.54, 1.807) is 6.20 Å². The maximum absolute atomic E-state index is 6.03. The first kappa shape index (κ1) is 10.7. The molecule has 0 aliphatic heterocycles. The monoisotopic (exact) mass is 188 g/mol. The number of rotatable bonds is 4. The van der Waals surface area contributed by atoms with Crippen LogP contribution in [0.2, 0.25) is 0 Å². The summed E-state index contributed by atoms with van der Waals surface area (Å²) in [5.41, 5.74) is 8.43. The Hall–Kier alpha value is -1.33. The van der Waals surface area contributed by atoms with Crippen molar-refractivity contribution in [3.05, 3.63) is 29.6 Å². The van der Waals surface area contributed by atoms with Crippen LogP contribution < -0.4 is 5.73 Å². The number of aryl methyl sites for hydroxylation is 1. The van der Waals surface area contributed by atoms with Gasteiger partial charge in [0.2, 0.25) is 0 Å². The minimum atomic E-state index is 0.0454. The third-order valence-corrected chi connectivity index (χ3v) is 2.32. The van der Waals surface area contributed by atoms with Crippen LogP contribution in [0.3, 0.4) is 0 Å². The molecule has 1 unspecified atom stereocenters. The zero-order valence-corrected chi connectivity index (χ0v) is 8.53. The van der Waals surface area contributed by atoms with E-state index in [-0.39, 0.29) is 6.04 Å². The van der Waals surface area contributed by atoms with E-state index in [4.69, 9.17) is 12.2 Å². The number of nitrogens with zero attached hydrogens (tertiary/aromatic N) is 1. The highest BCUT2D eigenvalue weighted by molar-refractivity contribution is 5.26. The van der Waals surface area contributed by atoms with Gasteiger partial charge in [-0.25, -0.2) is 0 Å². The van der Waals surface area contributed by atoms with Crippen molar-refractivity contribution in [3.8, 4) is 12.3 Å². The van der Waals surface area contributed by atoms with Gasteiger partial charge in [-0.3, -0.25) is 4.98 Å². The summed E-state index contributed by atoms with van der Waals surface area (Å²) in [6.45, 7) is 2.11. The summed E-state index contributed by atoms with van der Waals surface area (Å²) in [7, 11) is 0. The average Bonchev–Trinajstić information content (AvgIpc) is 2.25. The topological polar surface area (TPSA) is 38.9 Å². The molecular weight excluding hydrogens is 172 g/mol. The molecule has 1 heterocycles. The molecule has 74 valence electrons. The fourth-order valence-corrected chi connectivity index (χ4v) is 1.49. The summed E-state index contributed by atoms with van der Waals surface area (Å²) in [6.07, 6.45) is 11.4. The molecule has 0 saturated carbocycles. The van der Waals surface area contributed by atoms with Crippen molar-refractivity contribution in [1.82, 2.24) is 4.98 Å². The molecule has 14 heavy (non-hydrogen) atoms. The lowest BCUT2D eigenvalue weighted by Gasteiger charge is -2.13. The van der Waals surface area contributed by atoms with Crippen LogP contribution in [-0.2, 0) is 6.42 Å². The molecule has 1 rings (SSSR count). The van der Waals surface area contributed by atoms with Crippen LogP contribution in [0.1, 0.15) is 36.9 Å². The average molecular weight is 188 g/mol. The molecular formula is C12H16N2. The normalized spacial score (nSPS) is 12.1. The summed E-state index contributed by atoms with van der Waals surface area (Å²) in [4.78, 5) is 4.08. The molecule has 0 aliphatic carbocycles. The van der Waals surface area contributed by atoms with E-state index in [1.807, 2.05) is 12.3 Å². The second kappa shape index (κ2) is 5.41. The summed E-state index contributed by atoms with van der Waals surface area (Å²) >= 11 is 0. The van der Waals surface area contributed by atoms with Gasteiger partial charge in [-0.1, -0.05) is 6.92 Å². The Morgan fingerprint density at radius 1 is 1.64 bits per heavy atom. The second-order valence-corrected chi connectivity index (χ2v) is 3.28. The first-order valence-electron chi connectivity index (χ1n) is 4.91. The molecule has 2 nitrogen and oxygen atoms in total. The molecule has 2 heteroatoms. The Balaban J connectivity index is 2.78. The summed E-state index contributed by atoms with van der Waals surface area (Å²) in [6, 6.07) is 2.03. The van der Waals surface area contributed by atoms with Gasteiger partial charge in [0.05, 0.1) is 0 Å². The van der Waals surface area contributed by atoms with E-state index in [2.05, 4.69) is 17.8 Å². The van der Waals surface area contributed by atoms with Crippen molar-refractivity contribution >= 4 is 0 Å². The maximum atomic E-state index is 6.03. The van der Waals surface area contributed by atoms with Crippen molar-refractivity contribution < 1.29 is 0 Å². The van der Waals surface area contributed by atoms with Crippen LogP contribution in [0.4, 0.5) is 0 Å². The molecule has 1 aromatic rings. The molecule has 0 spiro atoms. The molecule has 1 aromatic heterocycles. The van der Waals surface area contributed by atoms with Crippen LogP contribution in [-0.4, -0.2) is 4.98 Å². The van der Waals surface area contributed by atoms with Gasteiger partial charge in [-0.05, 0) is 30.0 Å². The highest BCUT2D eigenvalue weighted by atomic mass is 14.7. The van der Waals surface area contributed by atoms with Crippen molar-refractivity contribution in [2.75, 3.05) is 0 Å². The van der Waals surface area contributed by atoms with Gasteiger partial charge in [0.15, 0.2) is 0 Å². The van der Waals surface area contributed by atoms with Crippen molar-refractivity contribution in [2.24, 2.45) is 5.73 Å². The highest BCUT2D eigenvalue weighted by Crippen LogP contribution is 2.19. The number of aromatic nitrogens is 1. The van der Waals surface area contributed by atoms with E-state index in [9.17, 15) is 0 Å². The van der Waals surface area contributed by atoms with E-state index in [1.165, 1.54) is 11.1 Å². The summed E-state index contributed by atoms with van der Waals surface area (Å²) < 4.78 is 0. The number of terminal acetylenes is 1. The molecule has 0 saturated heterocycles. The largest absolute Gasteiger partial charge is 0.324 e. The maximum Gasteiger partial charge on any atom is 0.0307 e. The van der Waals surface area contributed by atoms with Gasteiger partial charge in [0.25, 0.3) is 0 Å². The molecule has 0 amide bonds. The first-order valence-corrected chi connectivity index (χ1v) is 4.91. The number of nitrogens with two attached hydrogens (primary N) is 1. The molecule has 0 radical (unpaired) electrons. The van der Waals surface area contributed by atoms with Crippen LogP contribution in [0.5, 0.6) is 0 Å². The van der Waals surface area contributed by atoms with Gasteiger partial charge in [0.1, 0.15) is 0 Å². The Labute approximate surface area is 85.5 Å². The van der Waals surface area contributed by atoms with Gasteiger partial charge in [-0.2, -0.15) is 0 Å². The predicted molar refractivity (Wildman–Crippen MR) is 58.6 cm³/mol. The van der Waals surface area contributed by atoms with Gasteiger partial charge in [-0.15, -0.1) is 12.3 Å². The zero-order chi connectivity index (χ0) is 10.4. The third-order valence-electron chi connectivity index (χ3n) is 2.32. The second-order valence-electron chi connectivity index (χ2n) is 3.28. The summed E-state index contributed by atoms with van der Waals surface area (Å²) in [5, 5.41) is 0. The predicted octanol–water partition coefficient (Wildman–Crippen LogP) is 2.06. The highest BCUT2D eigenvalue weighted by Gasteiger charge is 2.08. The fraction of sp³-hybridized carbons (Fsp3) is 0.417. The quantitative estimate of drug-likeness (QED) is 0.734. The van der Waals surface area contributed by atoms with Gasteiger partial charge in [0, 0.05) is 24.9 Å². The lowest BCUT2D eigenvalue weighted by Crippen LogP contribution is -2.12. The third kappa shape index (κ3) is 2.58. The first-order chi connectivity index (χ1) is 6.79. The molecule has 0 aromatic carbocycles. The van der Waals surface area contributed by atoms with Crippen LogP contribution in [0.15, 0.2) is 18.5 Å². The SMILES string of the molecule is C#CCCC(N)c1ccncc1CC. The minimum Gasteiger partial charge on any atom is -0.324 e. The van der Waals surface area contributed by atoms with Crippen LogP contribution >= 0.6 is 0 Å². The smallest absolute Gasteiger partial charge is 0.0307 e. The number of hydrogen-bond donors (Lipinski definition) is 1. The Morgan fingerprint density at radius 2 is 2.43 bits per heavy atom. The van der Waals surface area contributed by atoms with Crippen molar-refractivity contribution in [1.29, 1.82) is 0 Å². The molecule has 0 fully saturated rings. The van der Waals surface area contributed by atoms with Gasteiger partial charge >= 0.3 is 0 Å². The molecule has 0 aliphatic rings. The van der Waals surface area contributed by atoms with E-state index < -0.39 is 0 Å². The number of hydrogen-bond acceptors (Lipinski definition) is 2. The van der Waals surface area contributed by atoms with E-state index in [0.717, 1.165) is 19.3 Å². The summed E-state index contributed by atoms with van der Waals surface area (Å²) in [5.74, 6) is 2.61. The molecule has 1 atom stereocenters. The van der Waals surface area contributed by atoms with Crippen molar-refractivity contribution in [2.45, 2.75) is 32.2 Å². The fourth-order valence-electron chi connectivity index (χ4n) is 1.49. The molecule has 0 bridgehead atoms. The lowest BCUT2D eigenvalue weighted by atomic mass is 9.98. The zero-order valence-electron chi connectivity index (χ0n) is 8.53. The van der Waals surface area contributed by atoms with Crippen LogP contribution in [0, 0.1) is 12.3 Å². The Morgan fingerprint density at radius 3 is 3.07 bits per heavy atom. The number of pyridine rings is 1. The minimum absolute atomic E-state index is 0.0454. The van der Waals surface area contributed by atoms with E-state index in [0.29, 0.717) is 0 Å². The molecule has 2 N–H and O–H groups in total. The van der Waals surface area contributed by atoms with Crippen LogP contribution in [0.25, 0.3) is 0 Å². The van der Waals surface area contributed by atoms with Crippen molar-refractivity contribution in [3.63, 3.8) is 0 Å². The standard InChI is InChI=1S/C12H16N2/c1-3-5-6-12(13)11-7-8-14-9-10(11)4-2/h1,7-9,12H,4-6,13H2,2H3. The Bertz CT molecular complexity index is 325. The van der Waals surface area contributed by atoms with Gasteiger partial charge < -0.3 is 5.73 Å². The lowest BCUT2D eigenvalue weighted by molar-refractivity contribution is 0.659. The Kier molecular flexibility index (Phi) is 4.15. The van der Waals surface area contributed by atoms with E-state index >= 15 is 0 Å².